The number of aromatic nitrogens is 2. The Bertz CT molecular complexity index is 945. The first-order valence-corrected chi connectivity index (χ1v) is 8.75. The van der Waals surface area contributed by atoms with Crippen LogP contribution in [-0.4, -0.2) is 33.9 Å². The molecule has 1 aromatic heterocycles. The van der Waals surface area contributed by atoms with Crippen molar-refractivity contribution >= 4 is 5.91 Å². The summed E-state index contributed by atoms with van der Waals surface area (Å²) < 4.78 is 18.6. The van der Waals surface area contributed by atoms with Crippen LogP contribution in [0.3, 0.4) is 0 Å². The molecule has 2 aromatic carbocycles. The van der Waals surface area contributed by atoms with Gasteiger partial charge in [0, 0.05) is 36.8 Å². The molecule has 1 amide bonds. The number of amides is 1. The minimum Gasteiger partial charge on any atom is -0.484 e. The Morgan fingerprint density at radius 2 is 1.89 bits per heavy atom. The molecule has 0 radical (unpaired) electrons. The van der Waals surface area contributed by atoms with E-state index in [4.69, 9.17) is 4.74 Å². The van der Waals surface area contributed by atoms with Crippen molar-refractivity contribution in [1.82, 2.24) is 14.9 Å². The van der Waals surface area contributed by atoms with E-state index in [2.05, 4.69) is 9.97 Å². The maximum absolute atomic E-state index is 13.1. The van der Waals surface area contributed by atoms with E-state index in [9.17, 15) is 9.18 Å². The second-order valence-corrected chi connectivity index (χ2v) is 6.34. The van der Waals surface area contributed by atoms with Crippen LogP contribution >= 0.6 is 0 Å². The standard InChI is InChI=1S/C21H18FN3O2/c22-17-8-6-15(7-9-17)21-23-12-16-13-25(11-10-19(16)24-21)20(26)14-27-18-4-2-1-3-5-18/h1-9,12H,10-11,13-14H2. The molecule has 4 rings (SSSR count). The average molecular weight is 363 g/mol. The summed E-state index contributed by atoms with van der Waals surface area (Å²) in [4.78, 5) is 23.2. The first-order valence-electron chi connectivity index (χ1n) is 8.75. The van der Waals surface area contributed by atoms with Gasteiger partial charge in [-0.3, -0.25) is 4.79 Å². The molecule has 0 saturated heterocycles. The highest BCUT2D eigenvalue weighted by Crippen LogP contribution is 2.21. The number of halogens is 1. The van der Waals surface area contributed by atoms with Gasteiger partial charge in [-0.15, -0.1) is 0 Å². The molecule has 0 spiro atoms. The van der Waals surface area contributed by atoms with Crippen LogP contribution < -0.4 is 4.74 Å². The van der Waals surface area contributed by atoms with Crippen molar-refractivity contribution in [2.75, 3.05) is 13.2 Å². The molecule has 0 saturated carbocycles. The molecule has 136 valence electrons. The zero-order chi connectivity index (χ0) is 18.6. The van der Waals surface area contributed by atoms with Gasteiger partial charge in [0.05, 0.1) is 5.69 Å². The van der Waals surface area contributed by atoms with Gasteiger partial charge in [0.25, 0.3) is 5.91 Å². The molecule has 6 heteroatoms. The lowest BCUT2D eigenvalue weighted by molar-refractivity contribution is -0.134. The fraction of sp³-hybridized carbons (Fsp3) is 0.190. The quantitative estimate of drug-likeness (QED) is 0.714. The Hall–Kier alpha value is -3.28. The number of carbonyl (C=O) groups is 1. The van der Waals surface area contributed by atoms with Crippen molar-refractivity contribution in [3.8, 4) is 17.1 Å². The number of para-hydroxylation sites is 1. The number of hydrogen-bond acceptors (Lipinski definition) is 4. The molecule has 0 fully saturated rings. The smallest absolute Gasteiger partial charge is 0.260 e. The zero-order valence-corrected chi connectivity index (χ0v) is 14.6. The Balaban J connectivity index is 1.42. The van der Waals surface area contributed by atoms with Crippen LogP contribution in [0.2, 0.25) is 0 Å². The third-order valence-electron chi connectivity index (χ3n) is 4.49. The van der Waals surface area contributed by atoms with Crippen molar-refractivity contribution in [2.45, 2.75) is 13.0 Å². The lowest BCUT2D eigenvalue weighted by Gasteiger charge is -2.28. The Morgan fingerprint density at radius 3 is 2.67 bits per heavy atom. The van der Waals surface area contributed by atoms with Gasteiger partial charge in [-0.25, -0.2) is 14.4 Å². The third kappa shape index (κ3) is 3.95. The zero-order valence-electron chi connectivity index (χ0n) is 14.6. The Labute approximate surface area is 156 Å². The van der Waals surface area contributed by atoms with Crippen molar-refractivity contribution in [3.05, 3.63) is 77.9 Å². The van der Waals surface area contributed by atoms with E-state index in [0.29, 0.717) is 31.1 Å². The normalized spacial score (nSPS) is 13.1. The second-order valence-electron chi connectivity index (χ2n) is 6.34. The van der Waals surface area contributed by atoms with Gasteiger partial charge in [-0.05, 0) is 36.4 Å². The minimum absolute atomic E-state index is 0.00780. The highest BCUT2D eigenvalue weighted by molar-refractivity contribution is 5.78. The molecule has 1 aliphatic rings. The fourth-order valence-electron chi connectivity index (χ4n) is 3.02. The van der Waals surface area contributed by atoms with E-state index in [-0.39, 0.29) is 18.3 Å². The summed E-state index contributed by atoms with van der Waals surface area (Å²) in [6.07, 6.45) is 2.40. The minimum atomic E-state index is -0.288. The van der Waals surface area contributed by atoms with Crippen molar-refractivity contribution in [1.29, 1.82) is 0 Å². The molecule has 5 nitrogen and oxygen atoms in total. The number of benzene rings is 2. The van der Waals surface area contributed by atoms with Crippen molar-refractivity contribution in [3.63, 3.8) is 0 Å². The van der Waals surface area contributed by atoms with Gasteiger partial charge in [0.1, 0.15) is 11.6 Å². The summed E-state index contributed by atoms with van der Waals surface area (Å²) in [6, 6.07) is 15.4. The van der Waals surface area contributed by atoms with Crippen LogP contribution in [0.5, 0.6) is 5.75 Å². The summed E-state index contributed by atoms with van der Waals surface area (Å²) >= 11 is 0. The number of rotatable bonds is 4. The van der Waals surface area contributed by atoms with E-state index >= 15 is 0 Å². The van der Waals surface area contributed by atoms with E-state index in [1.165, 1.54) is 12.1 Å². The molecule has 0 unspecified atom stereocenters. The van der Waals surface area contributed by atoms with Crippen LogP contribution in [0, 0.1) is 5.82 Å². The number of carbonyl (C=O) groups excluding carboxylic acids is 1. The maximum Gasteiger partial charge on any atom is 0.260 e. The van der Waals surface area contributed by atoms with Gasteiger partial charge < -0.3 is 9.64 Å². The largest absolute Gasteiger partial charge is 0.484 e. The van der Waals surface area contributed by atoms with Crippen LogP contribution in [-0.2, 0) is 17.8 Å². The van der Waals surface area contributed by atoms with Crippen LogP contribution in [0.15, 0.2) is 60.8 Å². The summed E-state index contributed by atoms with van der Waals surface area (Å²) in [5, 5.41) is 0. The topological polar surface area (TPSA) is 55.3 Å². The fourth-order valence-corrected chi connectivity index (χ4v) is 3.02. The van der Waals surface area contributed by atoms with Crippen molar-refractivity contribution < 1.29 is 13.9 Å². The third-order valence-corrected chi connectivity index (χ3v) is 4.49. The molecule has 0 bridgehead atoms. The molecule has 3 aromatic rings. The van der Waals surface area contributed by atoms with Crippen LogP contribution in [0.25, 0.3) is 11.4 Å². The number of ether oxygens (including phenoxy) is 1. The van der Waals surface area contributed by atoms with Gasteiger partial charge in [0.15, 0.2) is 12.4 Å². The van der Waals surface area contributed by atoms with E-state index in [1.807, 2.05) is 30.3 Å². The Kier molecular flexibility index (Phi) is 4.78. The lowest BCUT2D eigenvalue weighted by atomic mass is 10.1. The predicted molar refractivity (Wildman–Crippen MR) is 98.5 cm³/mol. The monoisotopic (exact) mass is 363 g/mol. The van der Waals surface area contributed by atoms with Gasteiger partial charge >= 0.3 is 0 Å². The van der Waals surface area contributed by atoms with Crippen LogP contribution in [0.4, 0.5) is 4.39 Å². The van der Waals surface area contributed by atoms with Gasteiger partial charge in [-0.2, -0.15) is 0 Å². The second kappa shape index (κ2) is 7.53. The maximum atomic E-state index is 13.1. The van der Waals surface area contributed by atoms with Crippen molar-refractivity contribution in [2.24, 2.45) is 0 Å². The molecule has 27 heavy (non-hydrogen) atoms. The van der Waals surface area contributed by atoms with Gasteiger partial charge in [-0.1, -0.05) is 18.2 Å². The molecular weight excluding hydrogens is 345 g/mol. The highest BCUT2D eigenvalue weighted by atomic mass is 19.1. The predicted octanol–water partition coefficient (Wildman–Crippen LogP) is 3.25. The molecule has 0 aliphatic carbocycles. The van der Waals surface area contributed by atoms with Gasteiger partial charge in [0.2, 0.25) is 0 Å². The molecule has 0 atom stereocenters. The number of nitrogens with zero attached hydrogens (tertiary/aromatic N) is 3. The summed E-state index contributed by atoms with van der Waals surface area (Å²) in [7, 11) is 0. The first-order chi connectivity index (χ1) is 13.2. The molecule has 2 heterocycles. The number of fused-ring (bicyclic) bond motifs is 1. The summed E-state index contributed by atoms with van der Waals surface area (Å²) in [6.45, 7) is 1.06. The SMILES string of the molecule is O=C(COc1ccccc1)N1CCc2nc(-c3ccc(F)cc3)ncc2C1. The lowest BCUT2D eigenvalue weighted by Crippen LogP contribution is -2.39. The Morgan fingerprint density at radius 1 is 1.11 bits per heavy atom. The van der Waals surface area contributed by atoms with E-state index in [0.717, 1.165) is 16.8 Å². The molecular formula is C21H18FN3O2. The average Bonchev–Trinajstić information content (AvgIpc) is 2.72. The molecule has 1 aliphatic heterocycles. The highest BCUT2D eigenvalue weighted by Gasteiger charge is 2.22. The van der Waals surface area contributed by atoms with E-state index < -0.39 is 0 Å². The van der Waals surface area contributed by atoms with E-state index in [1.54, 1.807) is 23.2 Å². The summed E-state index contributed by atoms with van der Waals surface area (Å²) in [5.74, 6) is 0.896. The first kappa shape index (κ1) is 17.1. The van der Waals surface area contributed by atoms with Crippen LogP contribution in [0.1, 0.15) is 11.3 Å². The number of hydrogen-bond donors (Lipinski definition) is 0. The molecule has 0 N–H and O–H groups in total. The summed E-state index contributed by atoms with van der Waals surface area (Å²) in [5.41, 5.74) is 2.63.